The van der Waals surface area contributed by atoms with E-state index in [0.717, 1.165) is 0 Å². The van der Waals surface area contributed by atoms with Gasteiger partial charge in [-0.25, -0.2) is 10.1 Å². The summed E-state index contributed by atoms with van der Waals surface area (Å²) in [7, 11) is 0. The van der Waals surface area contributed by atoms with E-state index in [0.29, 0.717) is 0 Å². The summed E-state index contributed by atoms with van der Waals surface area (Å²) in [4.78, 5) is 11.3. The molecule has 0 aliphatic carbocycles. The number of hydrazine groups is 1. The van der Waals surface area contributed by atoms with Gasteiger partial charge in [-0.1, -0.05) is 0 Å². The molecule has 0 heterocycles. The molecule has 0 amide bonds. The normalized spacial score (nSPS) is 5.83. The Labute approximate surface area is 33.5 Å². The minimum Gasteiger partial charge on any atom is -0.230 e. The molecule has 0 aliphatic rings. The molecule has 0 aliphatic heterocycles. The van der Waals surface area contributed by atoms with E-state index in [4.69, 9.17) is 16.7 Å². The van der Waals surface area contributed by atoms with Gasteiger partial charge in [0.15, 0.2) is 5.53 Å². The van der Waals surface area contributed by atoms with Crippen LogP contribution in [-0.4, -0.2) is 5.03 Å². The fraction of sp³-hybridized carbons (Fsp3) is 0. The van der Waals surface area contributed by atoms with Crippen molar-refractivity contribution < 1.29 is 5.03 Å². The molecule has 0 aromatic heterocycles. The van der Waals surface area contributed by atoms with Crippen molar-refractivity contribution in [1.29, 1.82) is 0 Å². The van der Waals surface area contributed by atoms with Crippen molar-refractivity contribution in [1.82, 2.24) is 5.53 Å². The minimum absolute atomic E-state index is 0.924. The third-order valence-electron chi connectivity index (χ3n) is 0.132. The molecule has 0 unspecified atom stereocenters. The van der Waals surface area contributed by atoms with Crippen LogP contribution in [0.5, 0.6) is 0 Å². The molecule has 0 atom stereocenters. The Morgan fingerprint density at radius 3 is 2.50 bits per heavy atom. The van der Waals surface area contributed by atoms with Gasteiger partial charge in [0.1, 0.15) is 0 Å². The van der Waals surface area contributed by atoms with Crippen LogP contribution in [0.3, 0.4) is 0 Å². The largest absolute Gasteiger partial charge is 0.230 e. The van der Waals surface area contributed by atoms with Crippen LogP contribution in [0.15, 0.2) is 0 Å². The van der Waals surface area contributed by atoms with Crippen molar-refractivity contribution in [2.45, 2.75) is 0 Å². The van der Waals surface area contributed by atoms with Gasteiger partial charge >= 0.3 is 0 Å². The van der Waals surface area contributed by atoms with Crippen LogP contribution in [0, 0.1) is 16.7 Å². The highest BCUT2D eigenvalue weighted by Gasteiger charge is 1.85. The average Bonchev–Trinajstić information content (AvgIpc) is 1.35. The molecule has 5 nitrogen and oxygen atoms in total. The third kappa shape index (κ3) is 2.69. The molecule has 32 valence electrons. The highest BCUT2D eigenvalue weighted by atomic mass is 16.7. The zero-order valence-electron chi connectivity index (χ0n) is 2.71. The molecule has 0 rings (SSSR count). The van der Waals surface area contributed by atoms with Crippen LogP contribution >= 0.6 is 0 Å². The van der Waals surface area contributed by atoms with Crippen LogP contribution in [0.1, 0.15) is 0 Å². The molecule has 0 fully saturated rings. The second-order valence-corrected chi connectivity index (χ2v) is 0.469. The third-order valence-corrected chi connectivity index (χ3v) is 0.132. The van der Waals surface area contributed by atoms with Gasteiger partial charge in [0, 0.05) is 0 Å². The number of rotatable bonds is 1. The lowest BCUT2D eigenvalue weighted by Crippen LogP contribution is -2.10. The molecule has 0 saturated heterocycles. The zero-order valence-corrected chi connectivity index (χ0v) is 2.71. The lowest BCUT2D eigenvalue weighted by atomic mass is 11.8. The predicted molar refractivity (Wildman–Crippen MR) is 16.7 cm³/mol. The molecule has 1 N–H and O–H groups in total. The molecule has 0 aromatic carbocycles. The molecule has 6 heavy (non-hydrogen) atoms. The maximum absolute atomic E-state index is 9.08. The summed E-state index contributed by atoms with van der Waals surface area (Å²) < 4.78 is 0. The Hall–Kier alpha value is -1.31. The summed E-state index contributed by atoms with van der Waals surface area (Å²) >= 11 is 0. The summed E-state index contributed by atoms with van der Waals surface area (Å²) in [5.41, 5.74) is 1.22. The lowest BCUT2D eigenvalue weighted by Gasteiger charge is -1.69. The first-order chi connectivity index (χ1) is 2.77. The van der Waals surface area contributed by atoms with Gasteiger partial charge in [-0.05, 0) is 0 Å². The smallest absolute Gasteiger partial charge is 0.227 e. The predicted octanol–water partition coefficient (Wildman–Crippen LogP) is -0.398. The van der Waals surface area contributed by atoms with Crippen LogP contribution in [-0.2, 0) is 0 Å². The van der Waals surface area contributed by atoms with Gasteiger partial charge in [-0.15, -0.1) is 4.95 Å². The lowest BCUT2D eigenvalue weighted by molar-refractivity contribution is -0.533. The quantitative estimate of drug-likeness (QED) is 0.269. The van der Waals surface area contributed by atoms with Gasteiger partial charge in [0.2, 0.25) is 5.03 Å². The number of nitrogens with zero attached hydrogens (tertiary/aromatic N) is 2. The molecule has 0 bridgehead atoms. The summed E-state index contributed by atoms with van der Waals surface area (Å²) in [5.74, 6) is 0. The van der Waals surface area contributed by atoms with Crippen LogP contribution in [0.2, 0.25) is 0 Å². The number of hydrogen-bond acceptors (Lipinski definition) is 2. The Kier molecular flexibility index (Phi) is 1.53. The maximum atomic E-state index is 9.08. The van der Waals surface area contributed by atoms with Gasteiger partial charge in [-0.2, -0.15) is 6.57 Å². The Morgan fingerprint density at radius 1 is 2.00 bits per heavy atom. The highest BCUT2D eigenvalue weighted by Crippen LogP contribution is 1.51. The van der Waals surface area contributed by atoms with Crippen LogP contribution < -0.4 is 5.53 Å². The van der Waals surface area contributed by atoms with E-state index < -0.39 is 5.03 Å². The SMILES string of the molecule is [C-]#[N+]N[N+](=O)[O-]. The van der Waals surface area contributed by atoms with E-state index in [2.05, 4.69) is 4.95 Å². The first kappa shape index (κ1) is 4.69. The van der Waals surface area contributed by atoms with Crippen molar-refractivity contribution in [3.8, 4) is 0 Å². The second kappa shape index (κ2) is 1.96. The monoisotopic (exact) mass is 87.0 g/mol. The van der Waals surface area contributed by atoms with E-state index in [-0.39, 0.29) is 0 Å². The standard InChI is InChI=1S/CHN3O2/c1-2-3-4(5)6/h3H. The van der Waals surface area contributed by atoms with E-state index in [1.54, 1.807) is 0 Å². The fourth-order valence-electron chi connectivity index (χ4n) is 0.0408. The van der Waals surface area contributed by atoms with Gasteiger partial charge in [0.05, 0.1) is 0 Å². The van der Waals surface area contributed by atoms with E-state index >= 15 is 0 Å². The van der Waals surface area contributed by atoms with E-state index in [9.17, 15) is 0 Å². The fourth-order valence-corrected chi connectivity index (χ4v) is 0.0408. The van der Waals surface area contributed by atoms with Crippen molar-refractivity contribution in [2.75, 3.05) is 0 Å². The summed E-state index contributed by atoms with van der Waals surface area (Å²) in [5, 5.41) is 8.16. The molecule has 0 saturated carbocycles. The van der Waals surface area contributed by atoms with Crippen LogP contribution in [0.4, 0.5) is 0 Å². The first-order valence-corrected chi connectivity index (χ1v) is 1.04. The maximum Gasteiger partial charge on any atom is 0.227 e. The zero-order chi connectivity index (χ0) is 4.99. The second-order valence-electron chi connectivity index (χ2n) is 0.469. The summed E-state index contributed by atoms with van der Waals surface area (Å²) in [6.45, 7) is 5.81. The molecule has 0 radical (unpaired) electrons. The highest BCUT2D eigenvalue weighted by molar-refractivity contribution is 4.28. The first-order valence-electron chi connectivity index (χ1n) is 1.04. The van der Waals surface area contributed by atoms with Crippen molar-refractivity contribution >= 4 is 0 Å². The molecule has 0 aromatic rings. The van der Waals surface area contributed by atoms with Crippen LogP contribution in [0.25, 0.3) is 4.95 Å². The Bertz CT molecular complexity index is 91.5. The number of nitro groups is 1. The topological polar surface area (TPSA) is 59.5 Å². The molecule has 0 spiro atoms. The van der Waals surface area contributed by atoms with Crippen molar-refractivity contribution in [3.63, 3.8) is 0 Å². The van der Waals surface area contributed by atoms with E-state index in [1.165, 1.54) is 5.53 Å². The average molecular weight is 87.0 g/mol. The van der Waals surface area contributed by atoms with Crippen molar-refractivity contribution in [2.24, 2.45) is 0 Å². The summed E-state index contributed by atoms with van der Waals surface area (Å²) in [6, 6.07) is 0. The minimum atomic E-state index is -0.924. The summed E-state index contributed by atoms with van der Waals surface area (Å²) in [6.07, 6.45) is 0. The van der Waals surface area contributed by atoms with Gasteiger partial charge in [-0.3, -0.25) is 0 Å². The van der Waals surface area contributed by atoms with Crippen molar-refractivity contribution in [3.05, 3.63) is 21.6 Å². The number of hydrogen-bond donors (Lipinski definition) is 1. The molecular formula is CHN3O2. The molecule has 5 heteroatoms. The Morgan fingerprint density at radius 2 is 2.50 bits per heavy atom. The number of nitrogens with one attached hydrogen (secondary N) is 1. The van der Waals surface area contributed by atoms with Gasteiger partial charge < -0.3 is 0 Å². The molecular weight excluding hydrogens is 86.0 g/mol. The van der Waals surface area contributed by atoms with Gasteiger partial charge in [0.25, 0.3) is 0 Å². The van der Waals surface area contributed by atoms with E-state index in [1.807, 2.05) is 0 Å². The Balaban J connectivity index is 3.13.